The summed E-state index contributed by atoms with van der Waals surface area (Å²) in [4.78, 5) is 3.59. The van der Waals surface area contributed by atoms with Gasteiger partial charge in [-0.15, -0.1) is 0 Å². The van der Waals surface area contributed by atoms with E-state index >= 15 is 0 Å². The Labute approximate surface area is 120 Å². The number of benzene rings is 1. The van der Waals surface area contributed by atoms with Crippen LogP contribution in [0, 0.1) is 0 Å². The highest BCUT2D eigenvalue weighted by Gasteiger charge is 2.35. The number of aromatic nitrogens is 1. The lowest BCUT2D eigenvalue weighted by molar-refractivity contribution is -0.138. The van der Waals surface area contributed by atoms with Gasteiger partial charge < -0.3 is 4.74 Å². The predicted molar refractivity (Wildman–Crippen MR) is 68.5 cm³/mol. The third-order valence-corrected chi connectivity index (χ3v) is 2.97. The molecule has 19 heavy (non-hydrogen) atoms. The van der Waals surface area contributed by atoms with Crippen molar-refractivity contribution in [3.8, 4) is 11.6 Å². The van der Waals surface area contributed by atoms with Crippen LogP contribution in [0.5, 0.6) is 11.6 Å². The van der Waals surface area contributed by atoms with Crippen LogP contribution in [0.2, 0.25) is 5.02 Å². The SMILES string of the molecule is FC(F)(F)c1cccnc1Oc1ccc(Br)cc1Cl. The van der Waals surface area contributed by atoms with Gasteiger partial charge in [0.1, 0.15) is 11.3 Å². The van der Waals surface area contributed by atoms with E-state index in [1.54, 1.807) is 6.07 Å². The van der Waals surface area contributed by atoms with Crippen molar-refractivity contribution in [2.75, 3.05) is 0 Å². The number of pyridine rings is 1. The summed E-state index contributed by atoms with van der Waals surface area (Å²) >= 11 is 9.07. The number of rotatable bonds is 2. The molecule has 0 amide bonds. The van der Waals surface area contributed by atoms with Crippen LogP contribution in [-0.4, -0.2) is 4.98 Å². The molecular weight excluding hydrogens is 346 g/mol. The van der Waals surface area contributed by atoms with Crippen LogP contribution in [0.3, 0.4) is 0 Å². The molecule has 100 valence electrons. The number of hydrogen-bond acceptors (Lipinski definition) is 2. The van der Waals surface area contributed by atoms with Gasteiger partial charge in [-0.1, -0.05) is 27.5 Å². The van der Waals surface area contributed by atoms with Gasteiger partial charge in [0.15, 0.2) is 0 Å². The first-order chi connectivity index (χ1) is 8.88. The van der Waals surface area contributed by atoms with Crippen LogP contribution >= 0.6 is 27.5 Å². The van der Waals surface area contributed by atoms with Gasteiger partial charge in [-0.3, -0.25) is 0 Å². The van der Waals surface area contributed by atoms with Gasteiger partial charge >= 0.3 is 6.18 Å². The molecule has 0 fully saturated rings. The van der Waals surface area contributed by atoms with Gasteiger partial charge in [-0.25, -0.2) is 4.98 Å². The van der Waals surface area contributed by atoms with Crippen LogP contribution < -0.4 is 4.74 Å². The van der Waals surface area contributed by atoms with Gasteiger partial charge in [-0.2, -0.15) is 13.2 Å². The monoisotopic (exact) mass is 351 g/mol. The van der Waals surface area contributed by atoms with Crippen molar-refractivity contribution in [1.82, 2.24) is 4.98 Å². The van der Waals surface area contributed by atoms with E-state index in [1.807, 2.05) is 0 Å². The standard InChI is InChI=1S/C12H6BrClF3NO/c13-7-3-4-10(9(14)6-7)19-11-8(12(15,16)17)2-1-5-18-11/h1-6H. The Hall–Kier alpha value is -1.27. The molecule has 0 aliphatic carbocycles. The molecular formula is C12H6BrClF3NO. The maximum absolute atomic E-state index is 12.8. The Morgan fingerprint density at radius 3 is 2.58 bits per heavy atom. The third-order valence-electron chi connectivity index (χ3n) is 2.18. The molecule has 0 saturated heterocycles. The largest absolute Gasteiger partial charge is 0.437 e. The highest BCUT2D eigenvalue weighted by molar-refractivity contribution is 9.10. The average molecular weight is 353 g/mol. The fourth-order valence-electron chi connectivity index (χ4n) is 1.35. The van der Waals surface area contributed by atoms with E-state index in [1.165, 1.54) is 24.4 Å². The zero-order valence-electron chi connectivity index (χ0n) is 9.21. The molecule has 0 bridgehead atoms. The molecule has 2 nitrogen and oxygen atoms in total. The number of halogens is 5. The van der Waals surface area contributed by atoms with Crippen LogP contribution in [0.4, 0.5) is 13.2 Å². The Bertz CT molecular complexity index is 604. The van der Waals surface area contributed by atoms with E-state index in [0.717, 1.165) is 6.07 Å². The van der Waals surface area contributed by atoms with Gasteiger partial charge in [0.05, 0.1) is 5.02 Å². The molecule has 1 aromatic carbocycles. The second kappa shape index (κ2) is 5.38. The van der Waals surface area contributed by atoms with E-state index in [9.17, 15) is 13.2 Å². The maximum Gasteiger partial charge on any atom is 0.421 e. The highest BCUT2D eigenvalue weighted by atomic mass is 79.9. The second-order valence-electron chi connectivity index (χ2n) is 3.53. The first-order valence-corrected chi connectivity index (χ1v) is 6.20. The van der Waals surface area contributed by atoms with Crippen molar-refractivity contribution >= 4 is 27.5 Å². The Balaban J connectivity index is 2.39. The molecule has 0 atom stereocenters. The molecule has 2 rings (SSSR count). The maximum atomic E-state index is 12.8. The summed E-state index contributed by atoms with van der Waals surface area (Å²) in [5.41, 5.74) is -0.950. The zero-order chi connectivity index (χ0) is 14.0. The van der Waals surface area contributed by atoms with Crippen molar-refractivity contribution in [2.24, 2.45) is 0 Å². The van der Waals surface area contributed by atoms with Gasteiger partial charge in [-0.05, 0) is 30.3 Å². The molecule has 0 aliphatic rings. The number of hydrogen-bond donors (Lipinski definition) is 0. The Kier molecular flexibility index (Phi) is 4.01. The van der Waals surface area contributed by atoms with Gasteiger partial charge in [0.25, 0.3) is 0 Å². The predicted octanol–water partition coefficient (Wildman–Crippen LogP) is 5.31. The molecule has 7 heteroatoms. The lowest BCUT2D eigenvalue weighted by Gasteiger charge is -2.12. The number of alkyl halides is 3. The van der Waals surface area contributed by atoms with Gasteiger partial charge in [0, 0.05) is 10.7 Å². The average Bonchev–Trinajstić information content (AvgIpc) is 2.32. The first-order valence-electron chi connectivity index (χ1n) is 5.03. The minimum Gasteiger partial charge on any atom is -0.437 e. The molecule has 1 heterocycles. The second-order valence-corrected chi connectivity index (χ2v) is 4.85. The van der Waals surface area contributed by atoms with E-state index in [-0.39, 0.29) is 10.8 Å². The van der Waals surface area contributed by atoms with Crippen LogP contribution in [0.15, 0.2) is 41.0 Å². The molecule has 2 aromatic rings. The smallest absolute Gasteiger partial charge is 0.421 e. The van der Waals surface area contributed by atoms with E-state index in [4.69, 9.17) is 16.3 Å². The summed E-state index contributed by atoms with van der Waals surface area (Å²) in [6.45, 7) is 0. The van der Waals surface area contributed by atoms with Crippen LogP contribution in [0.1, 0.15) is 5.56 Å². The lowest BCUT2D eigenvalue weighted by Crippen LogP contribution is -2.08. The van der Waals surface area contributed by atoms with E-state index < -0.39 is 17.6 Å². The molecule has 0 saturated carbocycles. The molecule has 0 spiro atoms. The summed E-state index contributed by atoms with van der Waals surface area (Å²) in [5.74, 6) is -0.423. The Morgan fingerprint density at radius 1 is 1.21 bits per heavy atom. The summed E-state index contributed by atoms with van der Waals surface area (Å²) in [7, 11) is 0. The fraction of sp³-hybridized carbons (Fsp3) is 0.0833. The summed E-state index contributed by atoms with van der Waals surface area (Å²) in [6.07, 6.45) is -3.32. The third kappa shape index (κ3) is 3.39. The van der Waals surface area contributed by atoms with Crippen LogP contribution in [0.25, 0.3) is 0 Å². The van der Waals surface area contributed by atoms with Crippen molar-refractivity contribution in [1.29, 1.82) is 0 Å². The highest BCUT2D eigenvalue weighted by Crippen LogP contribution is 2.38. The first kappa shape index (κ1) is 14.1. The van der Waals surface area contributed by atoms with Crippen molar-refractivity contribution in [3.63, 3.8) is 0 Å². The molecule has 0 unspecified atom stereocenters. The van der Waals surface area contributed by atoms with Crippen molar-refractivity contribution in [3.05, 3.63) is 51.6 Å². The molecule has 0 aliphatic heterocycles. The minimum absolute atomic E-state index is 0.106. The van der Waals surface area contributed by atoms with E-state index in [2.05, 4.69) is 20.9 Å². The van der Waals surface area contributed by atoms with Gasteiger partial charge in [0.2, 0.25) is 5.88 Å². The van der Waals surface area contributed by atoms with Crippen molar-refractivity contribution in [2.45, 2.75) is 6.18 Å². The summed E-state index contributed by atoms with van der Waals surface area (Å²) < 4.78 is 44.1. The van der Waals surface area contributed by atoms with Crippen LogP contribution in [-0.2, 0) is 6.18 Å². The summed E-state index contributed by atoms with van der Waals surface area (Å²) in [6, 6.07) is 6.68. The minimum atomic E-state index is -4.54. The zero-order valence-corrected chi connectivity index (χ0v) is 11.6. The van der Waals surface area contributed by atoms with Crippen molar-refractivity contribution < 1.29 is 17.9 Å². The topological polar surface area (TPSA) is 22.1 Å². The van der Waals surface area contributed by atoms with E-state index in [0.29, 0.717) is 4.47 Å². The normalized spacial score (nSPS) is 11.4. The summed E-state index contributed by atoms with van der Waals surface area (Å²) in [5, 5.41) is 0.188. The Morgan fingerprint density at radius 2 is 1.95 bits per heavy atom. The molecule has 1 aromatic heterocycles. The lowest BCUT2D eigenvalue weighted by atomic mass is 10.2. The molecule has 0 N–H and O–H groups in total. The number of nitrogens with zero attached hydrogens (tertiary/aromatic N) is 1. The quantitative estimate of drug-likeness (QED) is 0.731. The molecule has 0 radical (unpaired) electrons. The fourth-order valence-corrected chi connectivity index (χ4v) is 2.06. The number of ether oxygens (including phenoxy) is 1.